The summed E-state index contributed by atoms with van der Waals surface area (Å²) in [6, 6.07) is 9.30. The summed E-state index contributed by atoms with van der Waals surface area (Å²) in [5.41, 5.74) is 1.04. The lowest BCUT2D eigenvalue weighted by atomic mass is 10.0. The van der Waals surface area contributed by atoms with Crippen molar-refractivity contribution in [1.29, 1.82) is 0 Å². The maximum Gasteiger partial charge on any atom is 0.198 e. The molecule has 2 aromatic carbocycles. The average molecular weight is 304 g/mol. The van der Waals surface area contributed by atoms with Crippen LogP contribution in [0.15, 0.2) is 42.6 Å². The first-order chi connectivity index (χ1) is 10.1. The Morgan fingerprint density at radius 3 is 2.81 bits per heavy atom. The third-order valence-corrected chi connectivity index (χ3v) is 3.54. The van der Waals surface area contributed by atoms with E-state index in [4.69, 9.17) is 16.3 Å². The van der Waals surface area contributed by atoms with Crippen LogP contribution in [0.25, 0.3) is 10.9 Å². The molecule has 1 heterocycles. The summed E-state index contributed by atoms with van der Waals surface area (Å²) in [5, 5.41) is 0.941. The normalized spacial score (nSPS) is 10.8. The minimum atomic E-state index is -0.603. The highest BCUT2D eigenvalue weighted by Gasteiger charge is 2.20. The standard InChI is InChI=1S/C16H11ClFNO2/c1-21-14-4-2-3-13-15(14)11(8-19-13)16(20)10-7-9(17)5-6-12(10)18/h2-8,19H,1H3. The molecule has 0 saturated heterocycles. The lowest BCUT2D eigenvalue weighted by Gasteiger charge is -2.05. The van der Waals surface area contributed by atoms with Crippen molar-refractivity contribution in [2.45, 2.75) is 0 Å². The highest BCUT2D eigenvalue weighted by molar-refractivity contribution is 6.31. The monoisotopic (exact) mass is 303 g/mol. The fraction of sp³-hybridized carbons (Fsp3) is 0.0625. The molecule has 0 unspecified atom stereocenters. The van der Waals surface area contributed by atoms with Gasteiger partial charge in [0.25, 0.3) is 0 Å². The number of methoxy groups -OCH3 is 1. The molecule has 0 spiro atoms. The van der Waals surface area contributed by atoms with Crippen molar-refractivity contribution in [2.75, 3.05) is 7.11 Å². The number of fused-ring (bicyclic) bond motifs is 1. The average Bonchev–Trinajstić information content (AvgIpc) is 2.93. The van der Waals surface area contributed by atoms with Crippen LogP contribution in [-0.2, 0) is 0 Å². The Labute approximate surface area is 125 Å². The van der Waals surface area contributed by atoms with Crippen molar-refractivity contribution < 1.29 is 13.9 Å². The fourth-order valence-corrected chi connectivity index (χ4v) is 2.49. The van der Waals surface area contributed by atoms with E-state index in [2.05, 4.69) is 4.98 Å². The molecule has 5 heteroatoms. The lowest BCUT2D eigenvalue weighted by molar-refractivity contribution is 0.103. The van der Waals surface area contributed by atoms with Crippen molar-refractivity contribution >= 4 is 28.3 Å². The molecule has 1 aromatic heterocycles. The molecule has 21 heavy (non-hydrogen) atoms. The first-order valence-corrected chi connectivity index (χ1v) is 6.63. The predicted molar refractivity (Wildman–Crippen MR) is 79.7 cm³/mol. The van der Waals surface area contributed by atoms with Crippen LogP contribution in [0.3, 0.4) is 0 Å². The largest absolute Gasteiger partial charge is 0.496 e. The maximum atomic E-state index is 13.9. The van der Waals surface area contributed by atoms with E-state index in [0.717, 1.165) is 5.52 Å². The van der Waals surface area contributed by atoms with Crippen molar-refractivity contribution in [1.82, 2.24) is 4.98 Å². The van der Waals surface area contributed by atoms with Crippen molar-refractivity contribution in [2.24, 2.45) is 0 Å². The Morgan fingerprint density at radius 1 is 1.24 bits per heavy atom. The van der Waals surface area contributed by atoms with E-state index in [1.165, 1.54) is 25.3 Å². The van der Waals surface area contributed by atoms with E-state index < -0.39 is 11.6 Å². The summed E-state index contributed by atoms with van der Waals surface area (Å²) >= 11 is 5.85. The number of ether oxygens (including phenoxy) is 1. The molecule has 0 saturated carbocycles. The number of benzene rings is 2. The Hall–Kier alpha value is -2.33. The van der Waals surface area contributed by atoms with Gasteiger partial charge in [0.05, 0.1) is 23.6 Å². The third-order valence-electron chi connectivity index (χ3n) is 3.31. The lowest BCUT2D eigenvalue weighted by Crippen LogP contribution is -2.04. The van der Waals surface area contributed by atoms with Crippen LogP contribution in [0.2, 0.25) is 5.02 Å². The van der Waals surface area contributed by atoms with Gasteiger partial charge in [0.15, 0.2) is 5.78 Å². The Balaban J connectivity index is 2.20. The zero-order valence-corrected chi connectivity index (χ0v) is 11.9. The number of carbonyl (C=O) groups is 1. The number of halogens is 2. The van der Waals surface area contributed by atoms with Gasteiger partial charge < -0.3 is 9.72 Å². The molecule has 0 aliphatic heterocycles. The fourth-order valence-electron chi connectivity index (χ4n) is 2.32. The van der Waals surface area contributed by atoms with Crippen molar-refractivity contribution in [3.63, 3.8) is 0 Å². The van der Waals surface area contributed by atoms with E-state index in [9.17, 15) is 9.18 Å². The van der Waals surface area contributed by atoms with Gasteiger partial charge in [-0.15, -0.1) is 0 Å². The SMILES string of the molecule is COc1cccc2[nH]cc(C(=O)c3cc(Cl)ccc3F)c12. The Morgan fingerprint density at radius 2 is 2.05 bits per heavy atom. The number of rotatable bonds is 3. The van der Waals surface area contributed by atoms with E-state index >= 15 is 0 Å². The second kappa shape index (κ2) is 5.22. The molecule has 0 atom stereocenters. The number of aromatic nitrogens is 1. The van der Waals surface area contributed by atoms with Crippen LogP contribution in [-0.4, -0.2) is 17.9 Å². The second-order valence-electron chi connectivity index (χ2n) is 4.54. The first-order valence-electron chi connectivity index (χ1n) is 6.25. The molecule has 0 fully saturated rings. The van der Waals surface area contributed by atoms with Gasteiger partial charge in [-0.25, -0.2) is 4.39 Å². The number of aromatic amines is 1. The first kappa shape index (κ1) is 13.6. The summed E-state index contributed by atoms with van der Waals surface area (Å²) in [6.07, 6.45) is 1.55. The molecular weight excluding hydrogens is 293 g/mol. The second-order valence-corrected chi connectivity index (χ2v) is 4.97. The summed E-state index contributed by atoms with van der Waals surface area (Å²) in [5.74, 6) is -0.487. The minimum Gasteiger partial charge on any atom is -0.496 e. The van der Waals surface area contributed by atoms with Gasteiger partial charge in [-0.2, -0.15) is 0 Å². The number of hydrogen-bond donors (Lipinski definition) is 1. The molecular formula is C16H11ClFNO2. The number of hydrogen-bond acceptors (Lipinski definition) is 2. The van der Waals surface area contributed by atoms with Gasteiger partial charge >= 0.3 is 0 Å². The number of ketones is 1. The van der Waals surface area contributed by atoms with Crippen LogP contribution in [0.5, 0.6) is 5.75 Å². The summed E-state index contributed by atoms with van der Waals surface area (Å²) in [6.45, 7) is 0. The predicted octanol–water partition coefficient (Wildman–Crippen LogP) is 4.20. The van der Waals surface area contributed by atoms with Gasteiger partial charge in [0.2, 0.25) is 0 Å². The summed E-state index contributed by atoms with van der Waals surface area (Å²) in [4.78, 5) is 15.6. The number of H-pyrrole nitrogens is 1. The summed E-state index contributed by atoms with van der Waals surface area (Å²) < 4.78 is 19.1. The maximum absolute atomic E-state index is 13.9. The van der Waals surface area contributed by atoms with Gasteiger partial charge in [-0.1, -0.05) is 17.7 Å². The zero-order chi connectivity index (χ0) is 15.0. The van der Waals surface area contributed by atoms with Gasteiger partial charge in [-0.05, 0) is 30.3 Å². The molecule has 3 aromatic rings. The van der Waals surface area contributed by atoms with E-state index in [1.54, 1.807) is 12.3 Å². The smallest absolute Gasteiger partial charge is 0.198 e. The van der Waals surface area contributed by atoms with Crippen molar-refractivity contribution in [3.05, 3.63) is 64.6 Å². The highest BCUT2D eigenvalue weighted by atomic mass is 35.5. The molecule has 0 aliphatic rings. The summed E-state index contributed by atoms with van der Waals surface area (Å²) in [7, 11) is 1.52. The van der Waals surface area contributed by atoms with E-state index in [1.807, 2.05) is 12.1 Å². The van der Waals surface area contributed by atoms with Gasteiger partial charge in [-0.3, -0.25) is 4.79 Å². The van der Waals surface area contributed by atoms with Crippen LogP contribution < -0.4 is 4.74 Å². The molecule has 0 amide bonds. The molecule has 0 aliphatic carbocycles. The topological polar surface area (TPSA) is 42.1 Å². The number of carbonyl (C=O) groups excluding carboxylic acids is 1. The van der Waals surface area contributed by atoms with E-state index in [0.29, 0.717) is 21.7 Å². The molecule has 3 rings (SSSR count). The van der Waals surface area contributed by atoms with Crippen LogP contribution in [0.4, 0.5) is 4.39 Å². The zero-order valence-electron chi connectivity index (χ0n) is 11.1. The Kier molecular flexibility index (Phi) is 3.39. The van der Waals surface area contributed by atoms with Crippen LogP contribution in [0, 0.1) is 5.82 Å². The van der Waals surface area contributed by atoms with Gasteiger partial charge in [0.1, 0.15) is 11.6 Å². The van der Waals surface area contributed by atoms with E-state index in [-0.39, 0.29) is 5.56 Å². The van der Waals surface area contributed by atoms with Crippen LogP contribution in [0.1, 0.15) is 15.9 Å². The Bertz CT molecular complexity index is 841. The third kappa shape index (κ3) is 2.28. The van der Waals surface area contributed by atoms with Crippen molar-refractivity contribution in [3.8, 4) is 5.75 Å². The number of nitrogens with one attached hydrogen (secondary N) is 1. The highest BCUT2D eigenvalue weighted by Crippen LogP contribution is 2.30. The molecule has 0 bridgehead atoms. The van der Waals surface area contributed by atoms with Crippen LogP contribution >= 0.6 is 11.6 Å². The van der Waals surface area contributed by atoms with Gasteiger partial charge in [0, 0.05) is 16.7 Å². The molecule has 106 valence electrons. The molecule has 3 nitrogen and oxygen atoms in total. The molecule has 1 N–H and O–H groups in total. The quantitative estimate of drug-likeness (QED) is 0.737. The minimum absolute atomic E-state index is 0.0608. The molecule has 0 radical (unpaired) electrons.